The van der Waals surface area contributed by atoms with Gasteiger partial charge in [0.15, 0.2) is 5.82 Å². The van der Waals surface area contributed by atoms with Crippen LogP contribution in [0.25, 0.3) is 0 Å². The molecule has 112 valence electrons. The summed E-state index contributed by atoms with van der Waals surface area (Å²) in [6.45, 7) is 0. The van der Waals surface area contributed by atoms with Gasteiger partial charge in [0.25, 0.3) is 0 Å². The maximum atomic E-state index is 6.43. The van der Waals surface area contributed by atoms with Crippen molar-refractivity contribution < 1.29 is 4.52 Å². The van der Waals surface area contributed by atoms with Gasteiger partial charge in [0.1, 0.15) is 0 Å². The number of benzene rings is 1. The third-order valence-electron chi connectivity index (χ3n) is 4.11. The zero-order chi connectivity index (χ0) is 14.7. The fourth-order valence-electron chi connectivity index (χ4n) is 3.00. The summed E-state index contributed by atoms with van der Waals surface area (Å²) >= 11 is 5.98. The topological polar surface area (TPSA) is 64.9 Å². The maximum absolute atomic E-state index is 6.43. The average molecular weight is 306 g/mol. The highest BCUT2D eigenvalue weighted by Gasteiger charge is 2.29. The van der Waals surface area contributed by atoms with E-state index in [1.165, 1.54) is 19.3 Å². The van der Waals surface area contributed by atoms with E-state index in [0.717, 1.165) is 23.4 Å². The number of hydrogen-bond acceptors (Lipinski definition) is 4. The first kappa shape index (κ1) is 14.5. The molecule has 0 aliphatic heterocycles. The van der Waals surface area contributed by atoms with Crippen molar-refractivity contribution in [1.29, 1.82) is 0 Å². The summed E-state index contributed by atoms with van der Waals surface area (Å²) in [7, 11) is 0. The Hall–Kier alpha value is -1.39. The van der Waals surface area contributed by atoms with Gasteiger partial charge in [0.05, 0.1) is 0 Å². The van der Waals surface area contributed by atoms with Gasteiger partial charge >= 0.3 is 0 Å². The third kappa shape index (κ3) is 3.83. The molecule has 2 N–H and O–H groups in total. The van der Waals surface area contributed by atoms with E-state index in [4.69, 9.17) is 21.9 Å². The zero-order valence-corrected chi connectivity index (χ0v) is 12.8. The normalized spacial score (nSPS) is 17.8. The Labute approximate surface area is 129 Å². The minimum absolute atomic E-state index is 0.169. The van der Waals surface area contributed by atoms with Crippen molar-refractivity contribution >= 4 is 11.6 Å². The van der Waals surface area contributed by atoms with Crippen molar-refractivity contribution in [3.05, 3.63) is 46.6 Å². The van der Waals surface area contributed by atoms with E-state index in [-0.39, 0.29) is 5.54 Å². The lowest BCUT2D eigenvalue weighted by Gasteiger charge is -2.31. The Morgan fingerprint density at radius 1 is 1.24 bits per heavy atom. The molecule has 1 aromatic carbocycles. The molecular weight excluding hydrogens is 286 g/mol. The second-order valence-electron chi connectivity index (χ2n) is 6.01. The Balaban J connectivity index is 1.66. The van der Waals surface area contributed by atoms with Crippen molar-refractivity contribution in [2.75, 3.05) is 0 Å². The van der Waals surface area contributed by atoms with Crippen LogP contribution in [-0.4, -0.2) is 15.7 Å². The van der Waals surface area contributed by atoms with Crippen LogP contribution in [0.15, 0.2) is 28.8 Å². The molecule has 0 radical (unpaired) electrons. The van der Waals surface area contributed by atoms with E-state index in [9.17, 15) is 0 Å². The molecule has 1 aliphatic carbocycles. The van der Waals surface area contributed by atoms with Crippen LogP contribution in [0, 0.1) is 0 Å². The standard InChI is InChI=1S/C16H20ClN3O/c17-13-6-4-5-12(9-13)10-14-19-15(21-20-14)11-16(18)7-2-1-3-8-16/h4-6,9H,1-3,7-8,10-11,18H2. The van der Waals surface area contributed by atoms with Gasteiger partial charge in [-0.05, 0) is 30.5 Å². The van der Waals surface area contributed by atoms with Crippen molar-refractivity contribution in [2.45, 2.75) is 50.5 Å². The molecule has 0 saturated heterocycles. The van der Waals surface area contributed by atoms with Gasteiger partial charge in [-0.2, -0.15) is 4.98 Å². The lowest BCUT2D eigenvalue weighted by molar-refractivity contribution is 0.260. The summed E-state index contributed by atoms with van der Waals surface area (Å²) in [4.78, 5) is 4.47. The van der Waals surface area contributed by atoms with Crippen LogP contribution in [0.2, 0.25) is 5.02 Å². The Kier molecular flexibility index (Phi) is 4.27. The monoisotopic (exact) mass is 305 g/mol. The minimum atomic E-state index is -0.169. The lowest BCUT2D eigenvalue weighted by Crippen LogP contribution is -2.43. The summed E-state index contributed by atoms with van der Waals surface area (Å²) in [5.74, 6) is 1.34. The SMILES string of the molecule is NC1(Cc2nc(Cc3cccc(Cl)c3)no2)CCCCC1. The van der Waals surface area contributed by atoms with Crippen molar-refractivity contribution in [2.24, 2.45) is 5.73 Å². The van der Waals surface area contributed by atoms with Crippen LogP contribution in [0.4, 0.5) is 0 Å². The molecule has 1 heterocycles. The van der Waals surface area contributed by atoms with E-state index >= 15 is 0 Å². The largest absolute Gasteiger partial charge is 0.339 e. The highest BCUT2D eigenvalue weighted by molar-refractivity contribution is 6.30. The van der Waals surface area contributed by atoms with Crippen LogP contribution in [0.5, 0.6) is 0 Å². The van der Waals surface area contributed by atoms with Crippen LogP contribution in [-0.2, 0) is 12.8 Å². The summed E-state index contributed by atoms with van der Waals surface area (Å²) < 4.78 is 5.36. The van der Waals surface area contributed by atoms with Gasteiger partial charge in [-0.25, -0.2) is 0 Å². The summed E-state index contributed by atoms with van der Waals surface area (Å²) in [5.41, 5.74) is 7.34. The van der Waals surface area contributed by atoms with E-state index in [1.807, 2.05) is 24.3 Å². The molecule has 0 bridgehead atoms. The summed E-state index contributed by atoms with van der Waals surface area (Å²) in [6.07, 6.45) is 7.05. The molecule has 1 aliphatic rings. The number of nitrogens with two attached hydrogens (primary N) is 1. The summed E-state index contributed by atoms with van der Waals surface area (Å²) in [5, 5.41) is 4.77. The fraction of sp³-hybridized carbons (Fsp3) is 0.500. The fourth-order valence-corrected chi connectivity index (χ4v) is 3.21. The molecule has 4 nitrogen and oxygen atoms in total. The Morgan fingerprint density at radius 2 is 2.05 bits per heavy atom. The third-order valence-corrected chi connectivity index (χ3v) is 4.35. The molecule has 0 spiro atoms. The molecule has 0 unspecified atom stereocenters. The second-order valence-corrected chi connectivity index (χ2v) is 6.45. The van der Waals surface area contributed by atoms with E-state index in [2.05, 4.69) is 10.1 Å². The first-order valence-corrected chi connectivity index (χ1v) is 7.86. The molecule has 0 amide bonds. The molecule has 2 aromatic rings. The van der Waals surface area contributed by atoms with Gasteiger partial charge in [0, 0.05) is 23.4 Å². The first-order valence-electron chi connectivity index (χ1n) is 7.48. The Morgan fingerprint density at radius 3 is 2.81 bits per heavy atom. The Bertz CT molecular complexity index is 605. The van der Waals surface area contributed by atoms with Crippen molar-refractivity contribution in [3.8, 4) is 0 Å². The highest BCUT2D eigenvalue weighted by Crippen LogP contribution is 2.28. The van der Waals surface area contributed by atoms with Gasteiger partial charge in [-0.3, -0.25) is 0 Å². The van der Waals surface area contributed by atoms with Gasteiger partial charge < -0.3 is 10.3 Å². The van der Waals surface area contributed by atoms with E-state index in [1.54, 1.807) is 0 Å². The van der Waals surface area contributed by atoms with Gasteiger partial charge in [-0.15, -0.1) is 0 Å². The predicted octanol–water partition coefficient (Wildman–Crippen LogP) is 3.52. The zero-order valence-electron chi connectivity index (χ0n) is 12.0. The molecule has 21 heavy (non-hydrogen) atoms. The molecule has 5 heteroatoms. The van der Waals surface area contributed by atoms with Crippen molar-refractivity contribution in [3.63, 3.8) is 0 Å². The minimum Gasteiger partial charge on any atom is -0.339 e. The van der Waals surface area contributed by atoms with Crippen LogP contribution in [0.1, 0.15) is 49.4 Å². The number of halogens is 1. The summed E-state index contributed by atoms with van der Waals surface area (Å²) in [6, 6.07) is 7.71. The maximum Gasteiger partial charge on any atom is 0.228 e. The number of aromatic nitrogens is 2. The smallest absolute Gasteiger partial charge is 0.228 e. The second kappa shape index (κ2) is 6.16. The molecular formula is C16H20ClN3O. The van der Waals surface area contributed by atoms with E-state index < -0.39 is 0 Å². The lowest BCUT2D eigenvalue weighted by atomic mass is 9.80. The molecule has 1 aromatic heterocycles. The van der Waals surface area contributed by atoms with Crippen LogP contribution in [0.3, 0.4) is 0 Å². The quantitative estimate of drug-likeness (QED) is 0.938. The molecule has 1 fully saturated rings. The molecule has 3 rings (SSSR count). The molecule has 0 atom stereocenters. The van der Waals surface area contributed by atoms with Crippen LogP contribution >= 0.6 is 11.6 Å². The predicted molar refractivity (Wildman–Crippen MR) is 82.3 cm³/mol. The number of hydrogen-bond donors (Lipinski definition) is 1. The van der Waals surface area contributed by atoms with E-state index in [0.29, 0.717) is 24.6 Å². The first-order chi connectivity index (χ1) is 10.1. The average Bonchev–Trinajstić information content (AvgIpc) is 2.86. The molecule has 1 saturated carbocycles. The van der Waals surface area contributed by atoms with Gasteiger partial charge in [0.2, 0.25) is 5.89 Å². The van der Waals surface area contributed by atoms with Crippen LogP contribution < -0.4 is 5.73 Å². The number of rotatable bonds is 4. The highest BCUT2D eigenvalue weighted by atomic mass is 35.5. The number of nitrogens with zero attached hydrogens (tertiary/aromatic N) is 2. The van der Waals surface area contributed by atoms with Gasteiger partial charge in [-0.1, -0.05) is 48.2 Å². The van der Waals surface area contributed by atoms with Crippen molar-refractivity contribution in [1.82, 2.24) is 10.1 Å².